The quantitative estimate of drug-likeness (QED) is 0.314. The van der Waals surface area contributed by atoms with E-state index >= 15 is 0 Å². The van der Waals surface area contributed by atoms with Gasteiger partial charge in [-0.25, -0.2) is 17.2 Å². The zero-order valence-corrected chi connectivity index (χ0v) is 23.7. The molecule has 2 heterocycles. The number of hydrogen-bond donors (Lipinski definition) is 2. The number of carbonyl (C=O) groups is 2. The van der Waals surface area contributed by atoms with Gasteiger partial charge < -0.3 is 15.3 Å². The first kappa shape index (κ1) is 33.5. The highest BCUT2D eigenvalue weighted by molar-refractivity contribution is 7.92. The van der Waals surface area contributed by atoms with Crippen LogP contribution in [-0.2, 0) is 29.8 Å². The molecule has 2 aromatic carbocycles. The molecule has 44 heavy (non-hydrogen) atoms. The largest absolute Gasteiger partial charge is 0.483 e. The molecule has 16 heteroatoms. The van der Waals surface area contributed by atoms with Gasteiger partial charge in [0.2, 0.25) is 5.91 Å². The Labute approximate surface area is 247 Å². The predicted octanol–water partition coefficient (Wildman–Crippen LogP) is 5.90. The standard InChI is InChI=1S/C27H26F8N2O3S.CH2O2/c28-18-9-6-16(7-10-18)23(38)37-13-12-24(41(39,40)19-4-2-1-3-5-19)20-11-8-17(14-21(20)36-15-22(24)37)25(29,26(30,31)32)27(33,34)35;2-1-3/h1-5,8,11,14,16,18,22,36H,6-7,9-10,12-13,15H2;1H,(H,2,3). The molecule has 1 amide bonds. The number of halogens is 8. The smallest absolute Gasteiger partial charge is 0.435 e. The van der Waals surface area contributed by atoms with Gasteiger partial charge >= 0.3 is 18.0 Å². The molecule has 1 saturated heterocycles. The zero-order chi connectivity index (χ0) is 32.7. The van der Waals surface area contributed by atoms with E-state index in [0.717, 1.165) is 6.07 Å². The van der Waals surface area contributed by atoms with Crippen LogP contribution in [-0.4, -0.2) is 68.5 Å². The summed E-state index contributed by atoms with van der Waals surface area (Å²) in [4.78, 5) is 23.1. The average Bonchev–Trinajstić information content (AvgIpc) is 3.38. The lowest BCUT2D eigenvalue weighted by molar-refractivity contribution is -0.348. The van der Waals surface area contributed by atoms with Gasteiger partial charge in [0, 0.05) is 30.3 Å². The van der Waals surface area contributed by atoms with Crippen molar-refractivity contribution in [2.24, 2.45) is 5.92 Å². The van der Waals surface area contributed by atoms with Crippen LogP contribution < -0.4 is 5.32 Å². The summed E-state index contributed by atoms with van der Waals surface area (Å²) in [6.07, 6.45) is -13.1. The molecule has 3 aliphatic rings. The van der Waals surface area contributed by atoms with E-state index in [1.54, 1.807) is 6.07 Å². The summed E-state index contributed by atoms with van der Waals surface area (Å²) in [5, 5.41) is 9.56. The summed E-state index contributed by atoms with van der Waals surface area (Å²) in [6.45, 7) is -0.643. The second-order valence-electron chi connectivity index (χ2n) is 10.9. The number of nitrogens with zero attached hydrogens (tertiary/aromatic N) is 1. The van der Waals surface area contributed by atoms with Crippen molar-refractivity contribution in [3.05, 3.63) is 59.7 Å². The summed E-state index contributed by atoms with van der Waals surface area (Å²) in [6, 6.07) is 7.45. The molecule has 1 aliphatic carbocycles. The average molecular weight is 657 g/mol. The number of fused-ring (bicyclic) bond motifs is 3. The number of carbonyl (C=O) groups excluding carboxylic acids is 1. The highest BCUT2D eigenvalue weighted by atomic mass is 32.2. The fraction of sp³-hybridized carbons (Fsp3) is 0.500. The zero-order valence-electron chi connectivity index (χ0n) is 22.8. The molecule has 2 atom stereocenters. The van der Waals surface area contributed by atoms with Gasteiger partial charge in [-0.05, 0) is 55.9 Å². The van der Waals surface area contributed by atoms with Crippen molar-refractivity contribution in [1.29, 1.82) is 0 Å². The first-order valence-electron chi connectivity index (χ1n) is 13.5. The maximum atomic E-state index is 14.9. The Balaban J connectivity index is 0.00000141. The number of rotatable bonds is 4. The van der Waals surface area contributed by atoms with Crippen molar-refractivity contribution in [3.8, 4) is 0 Å². The summed E-state index contributed by atoms with van der Waals surface area (Å²) >= 11 is 0. The number of benzene rings is 2. The van der Waals surface area contributed by atoms with E-state index in [-0.39, 0.29) is 68.0 Å². The molecule has 1 saturated carbocycles. The van der Waals surface area contributed by atoms with Crippen molar-refractivity contribution in [3.63, 3.8) is 0 Å². The van der Waals surface area contributed by atoms with Crippen LogP contribution in [0.4, 0.5) is 40.8 Å². The summed E-state index contributed by atoms with van der Waals surface area (Å²) in [5.41, 5.74) is -8.01. The molecule has 0 radical (unpaired) electrons. The first-order chi connectivity index (χ1) is 20.5. The van der Waals surface area contributed by atoms with Crippen molar-refractivity contribution >= 4 is 27.9 Å². The number of likely N-dealkylation sites (tertiary alicyclic amines) is 1. The van der Waals surface area contributed by atoms with Gasteiger partial charge in [-0.2, -0.15) is 26.3 Å². The Bertz CT molecular complexity index is 1460. The van der Waals surface area contributed by atoms with E-state index in [1.165, 1.54) is 29.2 Å². The molecular formula is C28H28F8N2O5S. The Kier molecular flexibility index (Phi) is 8.99. The monoisotopic (exact) mass is 656 g/mol. The molecule has 0 bridgehead atoms. The summed E-state index contributed by atoms with van der Waals surface area (Å²) in [7, 11) is -4.42. The number of anilines is 1. The van der Waals surface area contributed by atoms with Crippen molar-refractivity contribution in [1.82, 2.24) is 4.90 Å². The van der Waals surface area contributed by atoms with Crippen LogP contribution in [0, 0.1) is 5.92 Å². The lowest BCUT2D eigenvalue weighted by Crippen LogP contribution is -2.56. The minimum absolute atomic E-state index is 0.0634. The lowest BCUT2D eigenvalue weighted by atomic mass is 9.82. The van der Waals surface area contributed by atoms with E-state index in [0.29, 0.717) is 12.1 Å². The minimum Gasteiger partial charge on any atom is -0.483 e. The first-order valence-corrected chi connectivity index (χ1v) is 15.0. The highest BCUT2D eigenvalue weighted by Crippen LogP contribution is 2.57. The molecular weight excluding hydrogens is 628 g/mol. The molecule has 7 nitrogen and oxygen atoms in total. The molecule has 0 spiro atoms. The Morgan fingerprint density at radius 3 is 2.07 bits per heavy atom. The van der Waals surface area contributed by atoms with Crippen LogP contribution in [0.3, 0.4) is 0 Å². The Morgan fingerprint density at radius 1 is 0.955 bits per heavy atom. The van der Waals surface area contributed by atoms with Crippen molar-refractivity contribution in [2.75, 3.05) is 18.4 Å². The predicted molar refractivity (Wildman–Crippen MR) is 141 cm³/mol. The summed E-state index contributed by atoms with van der Waals surface area (Å²) < 4.78 is 136. The van der Waals surface area contributed by atoms with E-state index in [2.05, 4.69) is 5.32 Å². The highest BCUT2D eigenvalue weighted by Gasteiger charge is 2.74. The third-order valence-corrected chi connectivity index (χ3v) is 11.1. The van der Waals surface area contributed by atoms with Crippen LogP contribution in [0.5, 0.6) is 0 Å². The second-order valence-corrected chi connectivity index (χ2v) is 13.1. The van der Waals surface area contributed by atoms with Crippen LogP contribution in [0.2, 0.25) is 0 Å². The van der Waals surface area contributed by atoms with Gasteiger partial charge in [0.05, 0.1) is 10.9 Å². The van der Waals surface area contributed by atoms with E-state index in [1.807, 2.05) is 0 Å². The fourth-order valence-corrected chi connectivity index (χ4v) is 8.82. The topological polar surface area (TPSA) is 104 Å². The normalized spacial score (nSPS) is 25.5. The van der Waals surface area contributed by atoms with Gasteiger partial charge in [-0.15, -0.1) is 0 Å². The van der Waals surface area contributed by atoms with Gasteiger partial charge in [-0.1, -0.05) is 30.3 Å². The van der Waals surface area contributed by atoms with E-state index in [4.69, 9.17) is 9.90 Å². The Hall–Kier alpha value is -3.43. The van der Waals surface area contributed by atoms with Gasteiger partial charge in [0.1, 0.15) is 10.9 Å². The molecule has 0 aromatic heterocycles. The molecule has 242 valence electrons. The van der Waals surface area contributed by atoms with Crippen molar-refractivity contribution < 1.29 is 58.2 Å². The van der Waals surface area contributed by atoms with E-state index in [9.17, 15) is 48.3 Å². The minimum atomic E-state index is -6.35. The van der Waals surface area contributed by atoms with Crippen LogP contribution in [0.1, 0.15) is 43.2 Å². The van der Waals surface area contributed by atoms with E-state index < -0.39 is 62.0 Å². The SMILES string of the molecule is O=C(C1CCC(F)CC1)N1CCC2(S(=O)(=O)c3ccccc3)c3ccc(C(F)(C(F)(F)F)C(F)(F)F)cc3NCC12.O=CO. The number of alkyl halides is 8. The van der Waals surface area contributed by atoms with Crippen molar-refractivity contribution in [2.45, 2.75) is 72.0 Å². The van der Waals surface area contributed by atoms with Crippen LogP contribution in [0.25, 0.3) is 0 Å². The summed E-state index contributed by atoms with van der Waals surface area (Å²) in [5.74, 6) is -0.933. The molecule has 2 fully saturated rings. The number of hydrogen-bond acceptors (Lipinski definition) is 5. The molecule has 2 N–H and O–H groups in total. The van der Waals surface area contributed by atoms with Gasteiger partial charge in [-0.3, -0.25) is 9.59 Å². The lowest BCUT2D eigenvalue weighted by Gasteiger charge is -2.44. The third-order valence-electron chi connectivity index (χ3n) is 8.60. The number of amides is 1. The number of nitrogens with one attached hydrogen (secondary N) is 1. The van der Waals surface area contributed by atoms with Gasteiger partial charge in [0.15, 0.2) is 9.84 Å². The number of sulfone groups is 1. The number of carboxylic acid groups (broad SMARTS) is 1. The van der Waals surface area contributed by atoms with Crippen LogP contribution >= 0.6 is 0 Å². The Morgan fingerprint density at radius 2 is 1.52 bits per heavy atom. The molecule has 2 aliphatic heterocycles. The second kappa shape index (κ2) is 11.8. The molecule has 2 unspecified atom stereocenters. The van der Waals surface area contributed by atoms with Gasteiger partial charge in [0.25, 0.3) is 6.47 Å². The molecule has 2 aromatic rings. The maximum absolute atomic E-state index is 14.9. The maximum Gasteiger partial charge on any atom is 0.435 e. The fourth-order valence-electron chi connectivity index (χ4n) is 6.48. The molecule has 5 rings (SSSR count). The third kappa shape index (κ3) is 5.28. The van der Waals surface area contributed by atoms with Crippen LogP contribution in [0.15, 0.2) is 53.4 Å².